The molecule has 11 heteroatoms. The average Bonchev–Trinajstić information content (AvgIpc) is 3.47. The smallest absolute Gasteiger partial charge is 0.254 e. The Morgan fingerprint density at radius 3 is 2.63 bits per heavy atom. The van der Waals surface area contributed by atoms with Crippen molar-refractivity contribution in [2.45, 2.75) is 29.4 Å². The second-order valence-corrected chi connectivity index (χ2v) is 11.3. The Balaban J connectivity index is 1.27. The first-order valence-electron chi connectivity index (χ1n) is 9.76. The third-order valence-electron chi connectivity index (χ3n) is 5.62. The number of nitrogens with zero attached hydrogens (tertiary/aromatic N) is 4. The maximum Gasteiger partial charge on any atom is 0.254 e. The number of rotatable bonds is 5. The van der Waals surface area contributed by atoms with Crippen LogP contribution in [0.5, 0.6) is 0 Å². The first-order valence-corrected chi connectivity index (χ1v) is 13.0. The van der Waals surface area contributed by atoms with Crippen LogP contribution in [0, 0.1) is 0 Å². The van der Waals surface area contributed by atoms with Crippen LogP contribution in [-0.4, -0.2) is 59.8 Å². The van der Waals surface area contributed by atoms with Gasteiger partial charge in [0.15, 0.2) is 0 Å². The summed E-state index contributed by atoms with van der Waals surface area (Å²) in [5, 5.41) is 9.44. The summed E-state index contributed by atoms with van der Waals surface area (Å²) >= 11 is 2.63. The van der Waals surface area contributed by atoms with Gasteiger partial charge in [-0.25, -0.2) is 8.42 Å². The number of thiophene rings is 2. The van der Waals surface area contributed by atoms with E-state index in [1.165, 1.54) is 22.1 Å². The minimum Gasteiger partial charge on any atom is -0.339 e. The molecule has 0 bridgehead atoms. The topological polar surface area (TPSA) is 96.6 Å². The number of amides is 1. The molecule has 1 saturated carbocycles. The summed E-state index contributed by atoms with van der Waals surface area (Å²) in [5.74, 6) is 1.35. The molecule has 1 saturated heterocycles. The summed E-state index contributed by atoms with van der Waals surface area (Å²) in [7, 11) is -3.63. The molecule has 0 atom stereocenters. The molecule has 3 aromatic heterocycles. The van der Waals surface area contributed by atoms with Gasteiger partial charge >= 0.3 is 0 Å². The Labute approximate surface area is 182 Å². The fourth-order valence-corrected chi connectivity index (χ4v) is 6.93. The van der Waals surface area contributed by atoms with E-state index in [0.717, 1.165) is 24.2 Å². The molecule has 4 heterocycles. The molecule has 5 rings (SSSR count). The predicted molar refractivity (Wildman–Crippen MR) is 113 cm³/mol. The fraction of sp³-hybridized carbons (Fsp3) is 0.421. The molecule has 158 valence electrons. The molecular weight excluding hydrogens is 444 g/mol. The Kier molecular flexibility index (Phi) is 5.21. The molecular formula is C19H20N4O4S3. The third kappa shape index (κ3) is 3.59. The first kappa shape index (κ1) is 19.9. The Hall–Kier alpha value is -2.08. The number of carbonyl (C=O) groups is 1. The molecule has 0 N–H and O–H groups in total. The van der Waals surface area contributed by atoms with Crippen molar-refractivity contribution in [3.8, 4) is 11.4 Å². The number of hydrogen-bond acceptors (Lipinski definition) is 8. The monoisotopic (exact) mass is 464 g/mol. The van der Waals surface area contributed by atoms with Crippen molar-refractivity contribution < 1.29 is 17.7 Å². The molecule has 0 unspecified atom stereocenters. The average molecular weight is 465 g/mol. The quantitative estimate of drug-likeness (QED) is 0.575. The number of hydrogen-bond donors (Lipinski definition) is 0. The molecule has 0 aromatic carbocycles. The van der Waals surface area contributed by atoms with E-state index < -0.39 is 10.0 Å². The van der Waals surface area contributed by atoms with Gasteiger partial charge in [-0.1, -0.05) is 11.6 Å². The van der Waals surface area contributed by atoms with E-state index >= 15 is 0 Å². The summed E-state index contributed by atoms with van der Waals surface area (Å²) < 4.78 is 33.2. The third-order valence-corrected chi connectivity index (χ3v) is 9.61. The van der Waals surface area contributed by atoms with Crippen LogP contribution >= 0.6 is 22.7 Å². The van der Waals surface area contributed by atoms with E-state index in [-0.39, 0.29) is 23.2 Å². The molecule has 0 radical (unpaired) electrons. The number of aromatic nitrogens is 2. The van der Waals surface area contributed by atoms with E-state index in [0.29, 0.717) is 41.8 Å². The summed E-state index contributed by atoms with van der Waals surface area (Å²) in [5.41, 5.74) is 1.31. The number of sulfonamides is 1. The van der Waals surface area contributed by atoms with Gasteiger partial charge in [-0.05, 0) is 30.4 Å². The molecule has 2 aliphatic rings. The summed E-state index contributed by atoms with van der Waals surface area (Å²) in [6.45, 7) is 1.31. The molecule has 1 aliphatic heterocycles. The minimum absolute atomic E-state index is 0.0499. The standard InChI is InChI=1S/C19H20N4O4S3/c24-19(14-4-9-28-11-14)22-5-7-23(8-6-22)30(25,26)16-10-15(12-29-16)17-20-18(27-21-17)13-2-1-3-13/h4,9-13H,1-3,5-8H2. The van der Waals surface area contributed by atoms with E-state index in [1.807, 2.05) is 10.8 Å². The fourth-order valence-electron chi connectivity index (χ4n) is 3.57. The SMILES string of the molecule is O=C(c1ccsc1)N1CCN(S(=O)(=O)c2cc(-c3noc(C4CCC4)n3)cs2)CC1. The van der Waals surface area contributed by atoms with E-state index in [1.54, 1.807) is 22.4 Å². The van der Waals surface area contributed by atoms with Crippen LogP contribution in [0.2, 0.25) is 0 Å². The Morgan fingerprint density at radius 2 is 1.97 bits per heavy atom. The minimum atomic E-state index is -3.63. The zero-order chi connectivity index (χ0) is 20.7. The maximum absolute atomic E-state index is 13.1. The van der Waals surface area contributed by atoms with Crippen LogP contribution in [-0.2, 0) is 10.0 Å². The highest BCUT2D eigenvalue weighted by atomic mass is 32.2. The predicted octanol–water partition coefficient (Wildman–Crippen LogP) is 3.27. The largest absolute Gasteiger partial charge is 0.339 e. The molecule has 1 aliphatic carbocycles. The van der Waals surface area contributed by atoms with Gasteiger partial charge in [0.25, 0.3) is 15.9 Å². The highest BCUT2D eigenvalue weighted by Gasteiger charge is 2.32. The Morgan fingerprint density at radius 1 is 1.17 bits per heavy atom. The van der Waals surface area contributed by atoms with Crippen molar-refractivity contribution in [3.63, 3.8) is 0 Å². The van der Waals surface area contributed by atoms with E-state index in [9.17, 15) is 13.2 Å². The van der Waals surface area contributed by atoms with Crippen LogP contribution < -0.4 is 0 Å². The van der Waals surface area contributed by atoms with Gasteiger partial charge in [0.05, 0.1) is 5.56 Å². The van der Waals surface area contributed by atoms with Gasteiger partial charge in [-0.2, -0.15) is 20.6 Å². The zero-order valence-electron chi connectivity index (χ0n) is 16.1. The second kappa shape index (κ2) is 7.88. The molecule has 2 fully saturated rings. The lowest BCUT2D eigenvalue weighted by Crippen LogP contribution is -2.50. The second-order valence-electron chi connectivity index (χ2n) is 7.45. The van der Waals surface area contributed by atoms with Crippen LogP contribution in [0.4, 0.5) is 0 Å². The van der Waals surface area contributed by atoms with Crippen molar-refractivity contribution in [3.05, 3.63) is 39.7 Å². The van der Waals surface area contributed by atoms with Crippen LogP contribution in [0.15, 0.2) is 37.0 Å². The van der Waals surface area contributed by atoms with Crippen LogP contribution in [0.25, 0.3) is 11.4 Å². The lowest BCUT2D eigenvalue weighted by atomic mass is 9.85. The van der Waals surface area contributed by atoms with Crippen molar-refractivity contribution in [1.29, 1.82) is 0 Å². The molecule has 30 heavy (non-hydrogen) atoms. The van der Waals surface area contributed by atoms with Crippen LogP contribution in [0.3, 0.4) is 0 Å². The molecule has 0 spiro atoms. The van der Waals surface area contributed by atoms with Crippen molar-refractivity contribution in [1.82, 2.24) is 19.3 Å². The van der Waals surface area contributed by atoms with Gasteiger partial charge in [-0.3, -0.25) is 4.79 Å². The lowest BCUT2D eigenvalue weighted by Gasteiger charge is -2.33. The van der Waals surface area contributed by atoms with Gasteiger partial charge in [0.1, 0.15) is 4.21 Å². The normalized spacial score (nSPS) is 18.5. The molecule has 3 aromatic rings. The Bertz CT molecular complexity index is 1140. The zero-order valence-corrected chi connectivity index (χ0v) is 18.5. The van der Waals surface area contributed by atoms with Crippen LogP contribution in [0.1, 0.15) is 41.4 Å². The van der Waals surface area contributed by atoms with E-state index in [2.05, 4.69) is 10.1 Å². The highest BCUT2D eigenvalue weighted by Crippen LogP contribution is 2.37. The van der Waals surface area contributed by atoms with Crippen molar-refractivity contribution >= 4 is 38.6 Å². The molecule has 8 nitrogen and oxygen atoms in total. The van der Waals surface area contributed by atoms with E-state index in [4.69, 9.17) is 4.52 Å². The van der Waals surface area contributed by atoms with Crippen molar-refractivity contribution in [2.75, 3.05) is 26.2 Å². The molecule has 1 amide bonds. The van der Waals surface area contributed by atoms with Gasteiger partial charge in [0, 0.05) is 48.4 Å². The number of carbonyl (C=O) groups excluding carboxylic acids is 1. The van der Waals surface area contributed by atoms with Gasteiger partial charge < -0.3 is 9.42 Å². The van der Waals surface area contributed by atoms with Crippen molar-refractivity contribution in [2.24, 2.45) is 0 Å². The number of piperazine rings is 1. The summed E-state index contributed by atoms with van der Waals surface area (Å²) in [6, 6.07) is 3.40. The summed E-state index contributed by atoms with van der Waals surface area (Å²) in [4.78, 5) is 18.6. The summed E-state index contributed by atoms with van der Waals surface area (Å²) in [6.07, 6.45) is 3.30. The maximum atomic E-state index is 13.1. The van der Waals surface area contributed by atoms with Gasteiger partial charge in [-0.15, -0.1) is 11.3 Å². The lowest BCUT2D eigenvalue weighted by molar-refractivity contribution is 0.0698. The van der Waals surface area contributed by atoms with Gasteiger partial charge in [0.2, 0.25) is 11.7 Å². The first-order chi connectivity index (χ1) is 14.5. The highest BCUT2D eigenvalue weighted by molar-refractivity contribution is 7.91.